The van der Waals surface area contributed by atoms with Crippen LogP contribution in [-0.4, -0.2) is 6.61 Å². The van der Waals surface area contributed by atoms with Crippen molar-refractivity contribution < 1.29 is 4.74 Å². The standard InChI is InChI=1S/C16H19BrN2O/c1-3-20-16-7-4-12(8-11(16)2)10-19-15-6-5-13(17)9-14(15)18/h4-9,19H,3,10,18H2,1-2H3. The zero-order valence-electron chi connectivity index (χ0n) is 11.7. The molecule has 0 unspecified atom stereocenters. The van der Waals surface area contributed by atoms with Gasteiger partial charge in [0.05, 0.1) is 18.0 Å². The highest BCUT2D eigenvalue weighted by molar-refractivity contribution is 9.10. The second kappa shape index (κ2) is 6.66. The average Bonchev–Trinajstić information content (AvgIpc) is 2.41. The summed E-state index contributed by atoms with van der Waals surface area (Å²) in [6.45, 7) is 5.47. The number of hydrogen-bond acceptors (Lipinski definition) is 3. The lowest BCUT2D eigenvalue weighted by Gasteiger charge is -2.12. The molecule has 0 aromatic heterocycles. The van der Waals surface area contributed by atoms with E-state index in [2.05, 4.69) is 40.3 Å². The molecule has 3 N–H and O–H groups in total. The first-order valence-corrected chi connectivity index (χ1v) is 7.40. The van der Waals surface area contributed by atoms with E-state index < -0.39 is 0 Å². The van der Waals surface area contributed by atoms with Crippen molar-refractivity contribution in [1.29, 1.82) is 0 Å². The number of aryl methyl sites for hydroxylation is 1. The Morgan fingerprint density at radius 1 is 1.20 bits per heavy atom. The zero-order valence-corrected chi connectivity index (χ0v) is 13.3. The third-order valence-corrected chi connectivity index (χ3v) is 3.53. The van der Waals surface area contributed by atoms with Crippen LogP contribution in [-0.2, 0) is 6.54 Å². The molecule has 106 valence electrons. The van der Waals surface area contributed by atoms with E-state index in [4.69, 9.17) is 10.5 Å². The molecule has 3 nitrogen and oxygen atoms in total. The highest BCUT2D eigenvalue weighted by atomic mass is 79.9. The molecular weight excluding hydrogens is 316 g/mol. The number of anilines is 2. The fourth-order valence-electron chi connectivity index (χ4n) is 2.03. The Bertz CT molecular complexity index is 599. The van der Waals surface area contributed by atoms with Gasteiger partial charge in [-0.2, -0.15) is 0 Å². The lowest BCUT2D eigenvalue weighted by molar-refractivity contribution is 0.338. The number of rotatable bonds is 5. The Morgan fingerprint density at radius 3 is 2.65 bits per heavy atom. The second-order valence-corrected chi connectivity index (χ2v) is 5.53. The lowest BCUT2D eigenvalue weighted by atomic mass is 10.1. The van der Waals surface area contributed by atoms with Crippen LogP contribution < -0.4 is 15.8 Å². The fourth-order valence-corrected chi connectivity index (χ4v) is 2.41. The maximum absolute atomic E-state index is 5.97. The van der Waals surface area contributed by atoms with Crippen molar-refractivity contribution >= 4 is 27.3 Å². The summed E-state index contributed by atoms with van der Waals surface area (Å²) >= 11 is 3.40. The van der Waals surface area contributed by atoms with E-state index in [0.717, 1.165) is 33.7 Å². The molecule has 0 spiro atoms. The molecule has 0 aliphatic rings. The first kappa shape index (κ1) is 14.7. The van der Waals surface area contributed by atoms with Crippen molar-refractivity contribution in [3.63, 3.8) is 0 Å². The Morgan fingerprint density at radius 2 is 2.00 bits per heavy atom. The summed E-state index contributed by atoms with van der Waals surface area (Å²) < 4.78 is 6.52. The minimum absolute atomic E-state index is 0.688. The molecule has 4 heteroatoms. The van der Waals surface area contributed by atoms with E-state index in [9.17, 15) is 0 Å². The molecule has 0 fully saturated rings. The normalized spacial score (nSPS) is 10.3. The SMILES string of the molecule is CCOc1ccc(CNc2ccc(Br)cc2N)cc1C. The van der Waals surface area contributed by atoms with Crippen LogP contribution in [0, 0.1) is 6.92 Å². The number of nitrogens with one attached hydrogen (secondary N) is 1. The summed E-state index contributed by atoms with van der Waals surface area (Å²) in [7, 11) is 0. The molecule has 0 radical (unpaired) electrons. The smallest absolute Gasteiger partial charge is 0.122 e. The van der Waals surface area contributed by atoms with E-state index in [1.165, 1.54) is 5.56 Å². The Balaban J connectivity index is 2.05. The van der Waals surface area contributed by atoms with E-state index >= 15 is 0 Å². The van der Waals surface area contributed by atoms with Gasteiger partial charge in [-0.05, 0) is 49.2 Å². The molecule has 0 amide bonds. The summed E-state index contributed by atoms with van der Waals surface area (Å²) in [5.41, 5.74) is 10.00. The molecule has 0 saturated carbocycles. The molecular formula is C16H19BrN2O. The molecule has 0 saturated heterocycles. The van der Waals surface area contributed by atoms with Gasteiger partial charge in [0.1, 0.15) is 5.75 Å². The summed E-state index contributed by atoms with van der Waals surface area (Å²) in [5, 5.41) is 3.35. The highest BCUT2D eigenvalue weighted by Crippen LogP contribution is 2.24. The van der Waals surface area contributed by atoms with Gasteiger partial charge >= 0.3 is 0 Å². The van der Waals surface area contributed by atoms with Gasteiger partial charge in [-0.1, -0.05) is 28.1 Å². The number of benzene rings is 2. The van der Waals surface area contributed by atoms with Gasteiger partial charge in [-0.3, -0.25) is 0 Å². The van der Waals surface area contributed by atoms with E-state index in [1.807, 2.05) is 31.2 Å². The maximum atomic E-state index is 5.97. The van der Waals surface area contributed by atoms with Crippen molar-refractivity contribution in [3.8, 4) is 5.75 Å². The average molecular weight is 335 g/mol. The quantitative estimate of drug-likeness (QED) is 0.799. The van der Waals surface area contributed by atoms with Gasteiger partial charge in [-0.25, -0.2) is 0 Å². The molecule has 2 aromatic rings. The third kappa shape index (κ3) is 3.67. The van der Waals surface area contributed by atoms with Crippen LogP contribution in [0.4, 0.5) is 11.4 Å². The van der Waals surface area contributed by atoms with Crippen molar-refractivity contribution in [2.45, 2.75) is 20.4 Å². The number of halogens is 1. The summed E-state index contributed by atoms with van der Waals surface area (Å²) in [6.07, 6.45) is 0. The fraction of sp³-hybridized carbons (Fsp3) is 0.250. The minimum atomic E-state index is 0.688. The first-order valence-electron chi connectivity index (χ1n) is 6.61. The minimum Gasteiger partial charge on any atom is -0.494 e. The highest BCUT2D eigenvalue weighted by Gasteiger charge is 2.03. The van der Waals surface area contributed by atoms with Gasteiger partial charge in [0, 0.05) is 11.0 Å². The zero-order chi connectivity index (χ0) is 14.5. The van der Waals surface area contributed by atoms with Crippen LogP contribution in [0.5, 0.6) is 5.75 Å². The predicted octanol–water partition coefficient (Wildman–Crippen LogP) is 4.35. The van der Waals surface area contributed by atoms with Crippen LogP contribution in [0.3, 0.4) is 0 Å². The molecule has 0 atom stereocenters. The molecule has 20 heavy (non-hydrogen) atoms. The van der Waals surface area contributed by atoms with Gasteiger partial charge in [0.15, 0.2) is 0 Å². The monoisotopic (exact) mass is 334 g/mol. The number of hydrogen-bond donors (Lipinski definition) is 2. The maximum Gasteiger partial charge on any atom is 0.122 e. The molecule has 0 aliphatic carbocycles. The van der Waals surface area contributed by atoms with Crippen molar-refractivity contribution in [3.05, 3.63) is 52.0 Å². The Kier molecular flexibility index (Phi) is 4.90. The Labute approximate surface area is 128 Å². The van der Waals surface area contributed by atoms with E-state index in [1.54, 1.807) is 0 Å². The lowest BCUT2D eigenvalue weighted by Crippen LogP contribution is -2.03. The van der Waals surface area contributed by atoms with Gasteiger partial charge in [0.2, 0.25) is 0 Å². The molecule has 2 rings (SSSR count). The second-order valence-electron chi connectivity index (χ2n) is 4.62. The van der Waals surface area contributed by atoms with Crippen molar-refractivity contribution in [1.82, 2.24) is 0 Å². The molecule has 0 bridgehead atoms. The Hall–Kier alpha value is -1.68. The van der Waals surface area contributed by atoms with Crippen LogP contribution in [0.1, 0.15) is 18.1 Å². The van der Waals surface area contributed by atoms with Crippen LogP contribution in [0.15, 0.2) is 40.9 Å². The van der Waals surface area contributed by atoms with Crippen LogP contribution >= 0.6 is 15.9 Å². The van der Waals surface area contributed by atoms with E-state index in [-0.39, 0.29) is 0 Å². The first-order chi connectivity index (χ1) is 9.60. The molecule has 0 aliphatic heterocycles. The van der Waals surface area contributed by atoms with E-state index in [0.29, 0.717) is 6.61 Å². The van der Waals surface area contributed by atoms with Crippen molar-refractivity contribution in [2.75, 3.05) is 17.7 Å². The van der Waals surface area contributed by atoms with Gasteiger partial charge < -0.3 is 15.8 Å². The number of nitrogens with two attached hydrogens (primary N) is 1. The van der Waals surface area contributed by atoms with Crippen LogP contribution in [0.2, 0.25) is 0 Å². The summed E-state index contributed by atoms with van der Waals surface area (Å²) in [4.78, 5) is 0. The topological polar surface area (TPSA) is 47.3 Å². The summed E-state index contributed by atoms with van der Waals surface area (Å²) in [5.74, 6) is 0.944. The largest absolute Gasteiger partial charge is 0.494 e. The molecule has 0 heterocycles. The predicted molar refractivity (Wildman–Crippen MR) is 88.2 cm³/mol. The molecule has 2 aromatic carbocycles. The van der Waals surface area contributed by atoms with Crippen molar-refractivity contribution in [2.24, 2.45) is 0 Å². The number of ether oxygens (including phenoxy) is 1. The third-order valence-electron chi connectivity index (χ3n) is 3.04. The summed E-state index contributed by atoms with van der Waals surface area (Å²) in [6, 6.07) is 12.1. The van der Waals surface area contributed by atoms with Gasteiger partial charge in [0.25, 0.3) is 0 Å². The van der Waals surface area contributed by atoms with Crippen LogP contribution in [0.25, 0.3) is 0 Å². The van der Waals surface area contributed by atoms with Gasteiger partial charge in [-0.15, -0.1) is 0 Å². The number of nitrogen functional groups attached to an aromatic ring is 1.